The summed E-state index contributed by atoms with van der Waals surface area (Å²) >= 11 is 0. The van der Waals surface area contributed by atoms with Crippen LogP contribution in [0.2, 0.25) is 0 Å². The first-order valence-electron chi connectivity index (χ1n) is 7.26. The Bertz CT molecular complexity index is 483. The molecule has 0 saturated carbocycles. The van der Waals surface area contributed by atoms with Gasteiger partial charge in [0.05, 0.1) is 18.7 Å². The smallest absolute Gasteiger partial charge is 0.233 e. The number of hydrogen-bond donors (Lipinski definition) is 1. The first-order chi connectivity index (χ1) is 10.2. The molecule has 5 heteroatoms. The molecule has 0 unspecified atom stereocenters. The lowest BCUT2D eigenvalue weighted by molar-refractivity contribution is -0.121. The van der Waals surface area contributed by atoms with Crippen LogP contribution in [0.15, 0.2) is 24.3 Å². The summed E-state index contributed by atoms with van der Waals surface area (Å²) in [7, 11) is 1.65. The van der Waals surface area contributed by atoms with Crippen molar-refractivity contribution in [3.8, 4) is 11.8 Å². The molecular weight excluding hydrogens is 266 g/mol. The van der Waals surface area contributed by atoms with Crippen molar-refractivity contribution in [1.29, 1.82) is 5.26 Å². The molecule has 0 aliphatic heterocycles. The Labute approximate surface area is 126 Å². The van der Waals surface area contributed by atoms with E-state index < -0.39 is 0 Å². The van der Waals surface area contributed by atoms with Crippen LogP contribution >= 0.6 is 0 Å². The lowest BCUT2D eigenvalue weighted by Gasteiger charge is -2.20. The molecule has 0 atom stereocenters. The van der Waals surface area contributed by atoms with Crippen molar-refractivity contribution in [3.63, 3.8) is 0 Å². The van der Waals surface area contributed by atoms with Crippen molar-refractivity contribution >= 4 is 5.91 Å². The molecule has 5 nitrogen and oxygen atoms in total. The van der Waals surface area contributed by atoms with Gasteiger partial charge in [0.15, 0.2) is 0 Å². The van der Waals surface area contributed by atoms with Crippen molar-refractivity contribution in [2.24, 2.45) is 0 Å². The molecule has 0 heterocycles. The molecule has 114 valence electrons. The zero-order valence-corrected chi connectivity index (χ0v) is 12.8. The molecule has 0 saturated heterocycles. The first kappa shape index (κ1) is 17.0. The number of nitrogens with one attached hydrogen (secondary N) is 1. The van der Waals surface area contributed by atoms with Gasteiger partial charge in [-0.25, -0.2) is 0 Å². The fourth-order valence-corrected chi connectivity index (χ4v) is 2.02. The Hall–Kier alpha value is -2.06. The van der Waals surface area contributed by atoms with Crippen molar-refractivity contribution in [3.05, 3.63) is 29.8 Å². The summed E-state index contributed by atoms with van der Waals surface area (Å²) in [5, 5.41) is 11.6. The number of benzene rings is 1. The highest BCUT2D eigenvalue weighted by atomic mass is 16.5. The first-order valence-corrected chi connectivity index (χ1v) is 7.26. The minimum Gasteiger partial charge on any atom is -0.492 e. The van der Waals surface area contributed by atoms with Gasteiger partial charge in [-0.15, -0.1) is 0 Å². The number of amides is 1. The molecule has 0 bridgehead atoms. The maximum Gasteiger partial charge on any atom is 0.233 e. The van der Waals surface area contributed by atoms with E-state index in [-0.39, 0.29) is 5.91 Å². The van der Waals surface area contributed by atoms with Gasteiger partial charge in [-0.3, -0.25) is 9.69 Å². The molecule has 1 amide bonds. The van der Waals surface area contributed by atoms with Crippen LogP contribution in [0.25, 0.3) is 0 Å². The lowest BCUT2D eigenvalue weighted by Crippen LogP contribution is -2.37. The number of hydrogen-bond acceptors (Lipinski definition) is 4. The summed E-state index contributed by atoms with van der Waals surface area (Å²) < 4.78 is 5.64. The number of nitrogens with zero attached hydrogens (tertiary/aromatic N) is 2. The van der Waals surface area contributed by atoms with Crippen LogP contribution in [-0.2, 0) is 4.79 Å². The summed E-state index contributed by atoms with van der Waals surface area (Å²) in [6.45, 7) is 4.74. The summed E-state index contributed by atoms with van der Waals surface area (Å²) in [6.07, 6.45) is 1.83. The number of carbonyl (C=O) groups excluding carboxylic acids is 1. The van der Waals surface area contributed by atoms with E-state index >= 15 is 0 Å². The van der Waals surface area contributed by atoms with Crippen molar-refractivity contribution in [2.45, 2.75) is 19.8 Å². The van der Waals surface area contributed by atoms with Crippen molar-refractivity contribution in [1.82, 2.24) is 10.2 Å². The fraction of sp³-hybridized carbons (Fsp3) is 0.500. The third-order valence-electron chi connectivity index (χ3n) is 3.07. The van der Waals surface area contributed by atoms with E-state index in [1.807, 2.05) is 12.1 Å². The van der Waals surface area contributed by atoms with Crippen LogP contribution in [0.1, 0.15) is 25.3 Å². The molecule has 0 fully saturated rings. The predicted molar refractivity (Wildman–Crippen MR) is 82.1 cm³/mol. The van der Waals surface area contributed by atoms with Gasteiger partial charge in [-0.05, 0) is 31.5 Å². The van der Waals surface area contributed by atoms with Gasteiger partial charge in [-0.2, -0.15) is 5.26 Å². The highest BCUT2D eigenvalue weighted by Crippen LogP contribution is 2.16. The second-order valence-electron chi connectivity index (χ2n) is 4.76. The second-order valence-corrected chi connectivity index (χ2v) is 4.76. The highest BCUT2D eigenvalue weighted by Gasteiger charge is 2.08. The number of carbonyl (C=O) groups is 1. The highest BCUT2D eigenvalue weighted by molar-refractivity contribution is 5.77. The Morgan fingerprint density at radius 3 is 2.81 bits per heavy atom. The Morgan fingerprint density at radius 1 is 1.38 bits per heavy atom. The SMILES string of the molecule is CCCN(CCCOc1ccccc1C#N)CC(=O)NC. The zero-order chi connectivity index (χ0) is 15.5. The van der Waals surface area contributed by atoms with Crippen molar-refractivity contribution in [2.75, 3.05) is 33.3 Å². The number of nitriles is 1. The number of para-hydroxylation sites is 1. The van der Waals surface area contributed by atoms with Gasteiger partial charge in [0.1, 0.15) is 11.8 Å². The number of rotatable bonds is 9. The average Bonchev–Trinajstić information content (AvgIpc) is 2.51. The molecule has 0 aromatic heterocycles. The van der Waals surface area contributed by atoms with E-state index in [9.17, 15) is 4.79 Å². The van der Waals surface area contributed by atoms with E-state index in [1.54, 1.807) is 19.2 Å². The van der Waals surface area contributed by atoms with E-state index in [4.69, 9.17) is 10.00 Å². The van der Waals surface area contributed by atoms with Crippen LogP contribution in [0, 0.1) is 11.3 Å². The average molecular weight is 289 g/mol. The Balaban J connectivity index is 2.37. The quantitative estimate of drug-likeness (QED) is 0.704. The largest absolute Gasteiger partial charge is 0.492 e. The fourth-order valence-electron chi connectivity index (χ4n) is 2.02. The maximum absolute atomic E-state index is 11.4. The predicted octanol–water partition coefficient (Wildman–Crippen LogP) is 1.79. The van der Waals surface area contributed by atoms with E-state index in [0.29, 0.717) is 24.5 Å². The second kappa shape index (κ2) is 9.78. The van der Waals surface area contributed by atoms with Crippen LogP contribution < -0.4 is 10.1 Å². The zero-order valence-electron chi connectivity index (χ0n) is 12.8. The van der Waals surface area contributed by atoms with Gasteiger partial charge in [0.25, 0.3) is 0 Å². The normalized spacial score (nSPS) is 10.2. The van der Waals surface area contributed by atoms with E-state index in [0.717, 1.165) is 25.9 Å². The molecular formula is C16H23N3O2. The summed E-state index contributed by atoms with van der Waals surface area (Å²) in [6, 6.07) is 9.32. The minimum atomic E-state index is 0.0270. The standard InChI is InChI=1S/C16H23N3O2/c1-3-9-19(13-16(20)18-2)10-6-11-21-15-8-5-4-7-14(15)12-17/h4-5,7-8H,3,6,9-11,13H2,1-2H3,(H,18,20). The molecule has 0 aliphatic carbocycles. The van der Waals surface area contributed by atoms with E-state index in [2.05, 4.69) is 23.2 Å². The van der Waals surface area contributed by atoms with Gasteiger partial charge < -0.3 is 10.1 Å². The molecule has 1 aromatic carbocycles. The van der Waals surface area contributed by atoms with Crippen LogP contribution in [-0.4, -0.2) is 44.1 Å². The summed E-state index contributed by atoms with van der Waals surface area (Å²) in [5.74, 6) is 0.646. The van der Waals surface area contributed by atoms with Gasteiger partial charge in [0.2, 0.25) is 5.91 Å². The van der Waals surface area contributed by atoms with Gasteiger partial charge >= 0.3 is 0 Å². The molecule has 1 rings (SSSR count). The monoisotopic (exact) mass is 289 g/mol. The third-order valence-corrected chi connectivity index (χ3v) is 3.07. The maximum atomic E-state index is 11.4. The van der Waals surface area contributed by atoms with Gasteiger partial charge in [-0.1, -0.05) is 19.1 Å². The Morgan fingerprint density at radius 2 is 2.14 bits per heavy atom. The summed E-state index contributed by atoms with van der Waals surface area (Å²) in [5.41, 5.74) is 0.549. The van der Waals surface area contributed by atoms with Crippen LogP contribution in [0.4, 0.5) is 0 Å². The molecule has 1 aromatic rings. The van der Waals surface area contributed by atoms with Crippen molar-refractivity contribution < 1.29 is 9.53 Å². The lowest BCUT2D eigenvalue weighted by atomic mass is 10.2. The molecule has 0 radical (unpaired) electrons. The molecule has 1 N–H and O–H groups in total. The minimum absolute atomic E-state index is 0.0270. The number of likely N-dealkylation sites (N-methyl/N-ethyl adjacent to an activating group) is 1. The third kappa shape index (κ3) is 6.28. The van der Waals surface area contributed by atoms with Crippen LogP contribution in [0.3, 0.4) is 0 Å². The van der Waals surface area contributed by atoms with Gasteiger partial charge in [0, 0.05) is 13.6 Å². The number of ether oxygens (including phenoxy) is 1. The Kier molecular flexibility index (Phi) is 7.92. The topological polar surface area (TPSA) is 65.4 Å². The van der Waals surface area contributed by atoms with E-state index in [1.165, 1.54) is 0 Å². The molecule has 0 spiro atoms. The summed E-state index contributed by atoms with van der Waals surface area (Å²) in [4.78, 5) is 13.5. The molecule has 0 aliphatic rings. The molecule has 21 heavy (non-hydrogen) atoms. The van der Waals surface area contributed by atoms with Crippen LogP contribution in [0.5, 0.6) is 5.75 Å².